The van der Waals surface area contributed by atoms with E-state index in [-0.39, 0.29) is 12.4 Å². The van der Waals surface area contributed by atoms with Gasteiger partial charge in [0.15, 0.2) is 11.5 Å². The van der Waals surface area contributed by atoms with Crippen LogP contribution in [0, 0.1) is 0 Å². The number of rotatable bonds is 7. The van der Waals surface area contributed by atoms with E-state index in [2.05, 4.69) is 40.4 Å². The Labute approximate surface area is 219 Å². The molecule has 2 aliphatic heterocycles. The van der Waals surface area contributed by atoms with Crippen LogP contribution >= 0.6 is 12.4 Å². The Morgan fingerprint density at radius 3 is 2.64 bits per heavy atom. The molecule has 1 aromatic heterocycles. The summed E-state index contributed by atoms with van der Waals surface area (Å²) in [5.41, 5.74) is 8.30. The molecular formula is C28H35ClN4O3. The Balaban J connectivity index is 0.00000267. The van der Waals surface area contributed by atoms with Gasteiger partial charge in [0, 0.05) is 62.7 Å². The molecule has 1 fully saturated rings. The number of halogens is 1. The standard InChI is InChI=1S/C28H34N4O3.ClH/c1-31-10-12-32(13-11-31)9-4-14-35-19-5-6-20-18(15-19)16-22-21-7-8-29-27-25(21)23(30-26(20)22)17-24(33-2)28(27)34-3;/h5-6,15,17,29H,4,7-14,16H2,1-3H3;1H. The number of fused-ring (bicyclic) bond motifs is 4. The summed E-state index contributed by atoms with van der Waals surface area (Å²) < 4.78 is 17.5. The summed E-state index contributed by atoms with van der Waals surface area (Å²) in [6, 6.07) is 8.51. The van der Waals surface area contributed by atoms with Gasteiger partial charge in [0.2, 0.25) is 0 Å². The van der Waals surface area contributed by atoms with Crippen molar-refractivity contribution in [1.29, 1.82) is 0 Å². The highest BCUT2D eigenvalue weighted by molar-refractivity contribution is 6.03. The average Bonchev–Trinajstić information content (AvgIpc) is 3.25. The van der Waals surface area contributed by atoms with Crippen LogP contribution in [-0.4, -0.2) is 81.9 Å². The van der Waals surface area contributed by atoms with Crippen LogP contribution < -0.4 is 19.5 Å². The van der Waals surface area contributed by atoms with Crippen LogP contribution in [0.25, 0.3) is 22.2 Å². The minimum atomic E-state index is 0. The molecule has 1 saturated heterocycles. The molecule has 3 aromatic rings. The Bertz CT molecular complexity index is 1270. The summed E-state index contributed by atoms with van der Waals surface area (Å²) in [6.07, 6.45) is 2.93. The van der Waals surface area contributed by atoms with Crippen LogP contribution in [0.3, 0.4) is 0 Å². The zero-order valence-electron chi connectivity index (χ0n) is 21.4. The number of nitrogens with one attached hydrogen (secondary N) is 1. The maximum absolute atomic E-state index is 6.17. The smallest absolute Gasteiger partial charge is 0.184 e. The summed E-state index contributed by atoms with van der Waals surface area (Å²) >= 11 is 0. The van der Waals surface area contributed by atoms with Crippen molar-refractivity contribution < 1.29 is 14.2 Å². The summed E-state index contributed by atoms with van der Waals surface area (Å²) in [6.45, 7) is 7.37. The molecule has 0 radical (unpaired) electrons. The number of piperazine rings is 1. The molecule has 1 N–H and O–H groups in total. The van der Waals surface area contributed by atoms with Crippen molar-refractivity contribution in [2.24, 2.45) is 0 Å². The molecule has 192 valence electrons. The van der Waals surface area contributed by atoms with Gasteiger partial charge >= 0.3 is 0 Å². The molecule has 8 heteroatoms. The normalized spacial score (nSPS) is 16.6. The van der Waals surface area contributed by atoms with E-state index in [1.54, 1.807) is 14.2 Å². The second-order valence-corrected chi connectivity index (χ2v) is 9.82. The van der Waals surface area contributed by atoms with Crippen LogP contribution in [0.5, 0.6) is 17.2 Å². The number of pyridine rings is 1. The highest BCUT2D eigenvalue weighted by Gasteiger charge is 2.30. The van der Waals surface area contributed by atoms with Gasteiger partial charge in [0.05, 0.1) is 37.7 Å². The minimum absolute atomic E-state index is 0. The molecule has 0 bridgehead atoms. The fourth-order valence-corrected chi connectivity index (χ4v) is 5.80. The molecular weight excluding hydrogens is 476 g/mol. The molecule has 36 heavy (non-hydrogen) atoms. The third kappa shape index (κ3) is 4.33. The quantitative estimate of drug-likeness (QED) is 0.373. The molecule has 0 spiro atoms. The van der Waals surface area contributed by atoms with Gasteiger partial charge in [-0.15, -0.1) is 12.4 Å². The highest BCUT2D eigenvalue weighted by Crippen LogP contribution is 2.48. The second kappa shape index (κ2) is 10.3. The summed E-state index contributed by atoms with van der Waals surface area (Å²) in [7, 11) is 5.57. The largest absolute Gasteiger partial charge is 0.494 e. The van der Waals surface area contributed by atoms with Gasteiger partial charge in [-0.2, -0.15) is 0 Å². The van der Waals surface area contributed by atoms with E-state index in [0.29, 0.717) is 5.75 Å². The van der Waals surface area contributed by atoms with Crippen molar-refractivity contribution >= 4 is 29.0 Å². The number of hydrogen-bond acceptors (Lipinski definition) is 7. The lowest BCUT2D eigenvalue weighted by atomic mass is 9.93. The number of likely N-dealkylation sites (N-methyl/N-ethyl adjacent to an activating group) is 1. The summed E-state index contributed by atoms with van der Waals surface area (Å²) in [5.74, 6) is 2.42. The van der Waals surface area contributed by atoms with Crippen LogP contribution in [-0.2, 0) is 12.8 Å². The molecule has 2 aromatic carbocycles. The Kier molecular flexibility index (Phi) is 7.15. The lowest BCUT2D eigenvalue weighted by Crippen LogP contribution is -2.44. The van der Waals surface area contributed by atoms with Crippen molar-refractivity contribution in [3.63, 3.8) is 0 Å². The van der Waals surface area contributed by atoms with Crippen LogP contribution in [0.1, 0.15) is 23.1 Å². The number of nitrogens with zero attached hydrogens (tertiary/aromatic N) is 3. The van der Waals surface area contributed by atoms with Crippen LogP contribution in [0.4, 0.5) is 5.69 Å². The first-order valence-electron chi connectivity index (χ1n) is 12.7. The number of benzene rings is 2. The van der Waals surface area contributed by atoms with E-state index in [1.807, 2.05) is 6.07 Å². The average molecular weight is 511 g/mol. The van der Waals surface area contributed by atoms with Crippen LogP contribution in [0.15, 0.2) is 24.3 Å². The number of hydrogen-bond donors (Lipinski definition) is 1. The number of aromatic nitrogens is 1. The van der Waals surface area contributed by atoms with E-state index in [9.17, 15) is 0 Å². The van der Waals surface area contributed by atoms with E-state index >= 15 is 0 Å². The van der Waals surface area contributed by atoms with Gasteiger partial charge in [-0.1, -0.05) is 0 Å². The van der Waals surface area contributed by atoms with Gasteiger partial charge in [0.25, 0.3) is 0 Å². The monoisotopic (exact) mass is 510 g/mol. The lowest BCUT2D eigenvalue weighted by molar-refractivity contribution is 0.145. The second-order valence-electron chi connectivity index (χ2n) is 9.82. The third-order valence-corrected chi connectivity index (χ3v) is 7.69. The zero-order valence-corrected chi connectivity index (χ0v) is 22.2. The minimum Gasteiger partial charge on any atom is -0.494 e. The van der Waals surface area contributed by atoms with Gasteiger partial charge in [-0.05, 0) is 54.8 Å². The van der Waals surface area contributed by atoms with E-state index < -0.39 is 0 Å². The van der Waals surface area contributed by atoms with E-state index in [4.69, 9.17) is 19.2 Å². The molecule has 1 aliphatic carbocycles. The first-order valence-corrected chi connectivity index (χ1v) is 12.7. The number of anilines is 1. The van der Waals surface area contributed by atoms with Crippen molar-refractivity contribution in [3.05, 3.63) is 41.0 Å². The number of ether oxygens (including phenoxy) is 3. The van der Waals surface area contributed by atoms with Gasteiger partial charge in [-0.25, -0.2) is 4.98 Å². The Morgan fingerprint density at radius 1 is 1.03 bits per heavy atom. The highest BCUT2D eigenvalue weighted by atomic mass is 35.5. The van der Waals surface area contributed by atoms with Crippen molar-refractivity contribution in [1.82, 2.24) is 14.8 Å². The molecule has 7 nitrogen and oxygen atoms in total. The first-order chi connectivity index (χ1) is 17.2. The fraction of sp³-hybridized carbons (Fsp3) is 0.464. The molecule has 3 aliphatic rings. The lowest BCUT2D eigenvalue weighted by Gasteiger charge is -2.32. The summed E-state index contributed by atoms with van der Waals surface area (Å²) in [4.78, 5) is 10.1. The molecule has 3 heterocycles. The van der Waals surface area contributed by atoms with Crippen LogP contribution in [0.2, 0.25) is 0 Å². The Hall–Kier alpha value is -2.74. The van der Waals surface area contributed by atoms with Crippen molar-refractivity contribution in [2.45, 2.75) is 19.3 Å². The van der Waals surface area contributed by atoms with Crippen molar-refractivity contribution in [2.75, 3.05) is 72.5 Å². The third-order valence-electron chi connectivity index (χ3n) is 7.69. The van der Waals surface area contributed by atoms with E-state index in [1.165, 1.54) is 27.6 Å². The Morgan fingerprint density at radius 2 is 1.86 bits per heavy atom. The topological polar surface area (TPSA) is 59.1 Å². The predicted molar refractivity (Wildman–Crippen MR) is 147 cm³/mol. The van der Waals surface area contributed by atoms with Gasteiger partial charge in [0.1, 0.15) is 5.75 Å². The SMILES string of the molecule is COc1cc2nc3c(c4c2c(c1OC)NCC4)Cc1cc(OCCCN2CCN(C)CC2)ccc1-3.Cl. The molecule has 6 rings (SSSR count). The zero-order chi connectivity index (χ0) is 23.9. The van der Waals surface area contributed by atoms with Crippen molar-refractivity contribution in [3.8, 4) is 28.5 Å². The molecule has 0 atom stereocenters. The molecule has 0 unspecified atom stereocenters. The maximum atomic E-state index is 6.17. The van der Waals surface area contributed by atoms with Gasteiger partial charge < -0.3 is 29.3 Å². The first kappa shape index (κ1) is 24.9. The maximum Gasteiger partial charge on any atom is 0.184 e. The molecule has 0 saturated carbocycles. The summed E-state index contributed by atoms with van der Waals surface area (Å²) in [5, 5.41) is 4.69. The number of methoxy groups -OCH3 is 2. The van der Waals surface area contributed by atoms with E-state index in [0.717, 1.165) is 93.5 Å². The fourth-order valence-electron chi connectivity index (χ4n) is 5.80. The van der Waals surface area contributed by atoms with Gasteiger partial charge in [-0.3, -0.25) is 0 Å². The predicted octanol–water partition coefficient (Wildman–Crippen LogP) is 4.23. The molecule has 0 amide bonds.